The van der Waals surface area contributed by atoms with Gasteiger partial charge in [-0.05, 0) is 43.0 Å². The summed E-state index contributed by atoms with van der Waals surface area (Å²) in [6.45, 7) is 5.08. The summed E-state index contributed by atoms with van der Waals surface area (Å²) >= 11 is 0. The minimum absolute atomic E-state index is 0.00137. The van der Waals surface area contributed by atoms with Crippen LogP contribution in [0.3, 0.4) is 0 Å². The molecule has 0 radical (unpaired) electrons. The van der Waals surface area contributed by atoms with Gasteiger partial charge in [-0.3, -0.25) is 4.79 Å². The molecule has 1 atom stereocenters. The van der Waals surface area contributed by atoms with Crippen molar-refractivity contribution in [1.82, 2.24) is 15.0 Å². The second-order valence-corrected chi connectivity index (χ2v) is 8.14. The summed E-state index contributed by atoms with van der Waals surface area (Å²) in [4.78, 5) is 31.1. The summed E-state index contributed by atoms with van der Waals surface area (Å²) < 4.78 is 14.3. The van der Waals surface area contributed by atoms with Crippen molar-refractivity contribution in [2.24, 2.45) is 0 Å². The van der Waals surface area contributed by atoms with Crippen LogP contribution in [0.15, 0.2) is 48.7 Å². The molecular weight excluding hydrogens is 393 g/mol. The van der Waals surface area contributed by atoms with Crippen LogP contribution >= 0.6 is 0 Å². The van der Waals surface area contributed by atoms with E-state index >= 15 is 0 Å². The van der Waals surface area contributed by atoms with Gasteiger partial charge in [0.05, 0.1) is 17.0 Å². The molecule has 1 aliphatic heterocycles. The first-order valence-electron chi connectivity index (χ1n) is 10.7. The first-order chi connectivity index (χ1) is 15.1. The number of carbonyl (C=O) groups excluding carboxylic acids is 1. The lowest BCUT2D eigenvalue weighted by Gasteiger charge is -2.36. The molecule has 0 spiro atoms. The fourth-order valence-electron chi connectivity index (χ4n) is 4.60. The number of aromatic nitrogens is 3. The number of halogens is 1. The molecule has 1 aromatic carbocycles. The minimum atomic E-state index is -0.264. The third-order valence-corrected chi connectivity index (χ3v) is 6.18. The third kappa shape index (κ3) is 3.76. The van der Waals surface area contributed by atoms with Gasteiger partial charge in [0, 0.05) is 38.8 Å². The van der Waals surface area contributed by atoms with E-state index in [1.54, 1.807) is 18.3 Å². The molecule has 2 aliphatic rings. The number of nitrogens with zero attached hydrogens (tertiary/aromatic N) is 5. The topological polar surface area (TPSA) is 62.2 Å². The second-order valence-electron chi connectivity index (χ2n) is 8.14. The average Bonchev–Trinajstić information content (AvgIpc) is 2.79. The maximum Gasteiger partial charge on any atom is 0.225 e. The van der Waals surface area contributed by atoms with Crippen molar-refractivity contribution in [3.8, 4) is 0 Å². The fraction of sp³-hybridized carbons (Fsp3) is 0.333. The van der Waals surface area contributed by atoms with Crippen LogP contribution in [0.25, 0.3) is 0 Å². The zero-order valence-corrected chi connectivity index (χ0v) is 17.5. The number of fused-ring (bicyclic) bond motifs is 1. The van der Waals surface area contributed by atoms with Gasteiger partial charge < -0.3 is 9.80 Å². The smallest absolute Gasteiger partial charge is 0.225 e. The molecule has 1 aliphatic carbocycles. The van der Waals surface area contributed by atoms with Gasteiger partial charge in [0.25, 0.3) is 0 Å². The minimum Gasteiger partial charge on any atom is -0.353 e. The molecule has 6 nitrogen and oxygen atoms in total. The van der Waals surface area contributed by atoms with Gasteiger partial charge in [0.15, 0.2) is 5.78 Å². The highest BCUT2D eigenvalue weighted by molar-refractivity contribution is 5.99. The number of Topliss-reactive ketones (excluding diaryl/α,β-unsaturated/α-hetero) is 1. The normalized spacial score (nSPS) is 18.8. The number of hydrogen-bond donors (Lipinski definition) is 0. The Hall–Kier alpha value is -3.35. The summed E-state index contributed by atoms with van der Waals surface area (Å²) in [6, 6.07) is 12.6. The number of carbonyl (C=O) groups is 1. The first-order valence-corrected chi connectivity index (χ1v) is 10.7. The van der Waals surface area contributed by atoms with Gasteiger partial charge in [0.1, 0.15) is 11.6 Å². The Morgan fingerprint density at radius 3 is 2.42 bits per heavy atom. The fourth-order valence-corrected chi connectivity index (χ4v) is 4.60. The van der Waals surface area contributed by atoms with Crippen LogP contribution in [0.4, 0.5) is 16.2 Å². The lowest BCUT2D eigenvalue weighted by Crippen LogP contribution is -2.47. The second kappa shape index (κ2) is 8.06. The highest BCUT2D eigenvalue weighted by atomic mass is 19.1. The SMILES string of the molecule is Cc1nc(N2CCN(c3ccccn3)CC2)nc2c1C(=O)C[C@H](c1ccccc1F)C2. The Kier molecular flexibility index (Phi) is 5.10. The maximum absolute atomic E-state index is 14.3. The standard InChI is InChI=1S/C24H24FN5O/c1-16-23-20(14-17(15-21(23)31)18-6-2-3-7-19(18)25)28-24(27-16)30-12-10-29(11-13-30)22-8-4-5-9-26-22/h2-9,17H,10-15H2,1H3/t17-/m1/s1. The van der Waals surface area contributed by atoms with E-state index in [-0.39, 0.29) is 17.5 Å². The molecule has 3 aromatic rings. The molecule has 158 valence electrons. The highest BCUT2D eigenvalue weighted by Crippen LogP contribution is 2.34. The summed E-state index contributed by atoms with van der Waals surface area (Å²) in [6.07, 6.45) is 2.65. The highest BCUT2D eigenvalue weighted by Gasteiger charge is 2.32. The Morgan fingerprint density at radius 2 is 1.68 bits per heavy atom. The van der Waals surface area contributed by atoms with E-state index in [4.69, 9.17) is 4.98 Å². The summed E-state index contributed by atoms with van der Waals surface area (Å²) in [7, 11) is 0. The van der Waals surface area contributed by atoms with Crippen LogP contribution in [0.2, 0.25) is 0 Å². The molecular formula is C24H24FN5O. The Morgan fingerprint density at radius 1 is 0.935 bits per heavy atom. The van der Waals surface area contributed by atoms with Crippen LogP contribution in [0, 0.1) is 12.7 Å². The molecule has 3 heterocycles. The van der Waals surface area contributed by atoms with E-state index in [1.807, 2.05) is 31.2 Å². The summed E-state index contributed by atoms with van der Waals surface area (Å²) in [5.74, 6) is 1.17. The number of anilines is 2. The Labute approximate surface area is 180 Å². The number of rotatable bonds is 3. The predicted octanol–water partition coefficient (Wildman–Crippen LogP) is 3.56. The Balaban J connectivity index is 1.38. The first kappa shape index (κ1) is 19.6. The largest absolute Gasteiger partial charge is 0.353 e. The van der Waals surface area contributed by atoms with Crippen molar-refractivity contribution in [3.63, 3.8) is 0 Å². The predicted molar refractivity (Wildman–Crippen MR) is 117 cm³/mol. The van der Waals surface area contributed by atoms with Crippen molar-refractivity contribution in [1.29, 1.82) is 0 Å². The van der Waals surface area contributed by atoms with Crippen molar-refractivity contribution < 1.29 is 9.18 Å². The quantitative estimate of drug-likeness (QED) is 0.649. The molecule has 1 fully saturated rings. The monoisotopic (exact) mass is 417 g/mol. The van der Waals surface area contributed by atoms with Gasteiger partial charge in [-0.1, -0.05) is 24.3 Å². The number of benzene rings is 1. The number of hydrogen-bond acceptors (Lipinski definition) is 6. The van der Waals surface area contributed by atoms with Gasteiger partial charge in [-0.2, -0.15) is 0 Å². The van der Waals surface area contributed by atoms with Crippen molar-refractivity contribution in [2.75, 3.05) is 36.0 Å². The average molecular weight is 417 g/mol. The number of piperazine rings is 1. The Bertz CT molecular complexity index is 1110. The molecule has 7 heteroatoms. The maximum atomic E-state index is 14.3. The molecule has 0 unspecified atom stereocenters. The molecule has 2 aromatic heterocycles. The van der Waals surface area contributed by atoms with E-state index in [0.29, 0.717) is 35.6 Å². The van der Waals surface area contributed by atoms with Crippen LogP contribution in [-0.2, 0) is 6.42 Å². The number of aryl methyl sites for hydroxylation is 1. The summed E-state index contributed by atoms with van der Waals surface area (Å²) in [5, 5.41) is 0. The van der Waals surface area contributed by atoms with Crippen molar-refractivity contribution in [2.45, 2.75) is 25.7 Å². The molecule has 0 amide bonds. The van der Waals surface area contributed by atoms with Crippen LogP contribution in [-0.4, -0.2) is 46.9 Å². The zero-order valence-electron chi connectivity index (χ0n) is 17.5. The number of pyridine rings is 1. The molecule has 0 bridgehead atoms. The van der Waals surface area contributed by atoms with Gasteiger partial charge >= 0.3 is 0 Å². The van der Waals surface area contributed by atoms with E-state index < -0.39 is 0 Å². The van der Waals surface area contributed by atoms with Crippen molar-refractivity contribution >= 4 is 17.5 Å². The summed E-state index contributed by atoms with van der Waals surface area (Å²) in [5.41, 5.74) is 2.65. The van der Waals surface area contributed by atoms with Crippen LogP contribution < -0.4 is 9.80 Å². The van der Waals surface area contributed by atoms with Crippen LogP contribution in [0.5, 0.6) is 0 Å². The van der Waals surface area contributed by atoms with Gasteiger partial charge in [-0.25, -0.2) is 19.3 Å². The van der Waals surface area contributed by atoms with Gasteiger partial charge in [0.2, 0.25) is 5.95 Å². The molecule has 0 saturated carbocycles. The van der Waals surface area contributed by atoms with E-state index in [0.717, 1.165) is 37.7 Å². The molecule has 0 N–H and O–H groups in total. The number of ketones is 1. The molecule has 31 heavy (non-hydrogen) atoms. The van der Waals surface area contributed by atoms with E-state index in [2.05, 4.69) is 19.8 Å². The lowest BCUT2D eigenvalue weighted by molar-refractivity contribution is 0.0961. The van der Waals surface area contributed by atoms with Crippen molar-refractivity contribution in [3.05, 3.63) is 77.0 Å². The molecule has 5 rings (SSSR count). The van der Waals surface area contributed by atoms with Gasteiger partial charge in [-0.15, -0.1) is 0 Å². The molecule has 1 saturated heterocycles. The van der Waals surface area contributed by atoms with Crippen LogP contribution in [0.1, 0.15) is 39.6 Å². The lowest BCUT2D eigenvalue weighted by atomic mass is 9.81. The third-order valence-electron chi connectivity index (χ3n) is 6.18. The zero-order chi connectivity index (χ0) is 21.4. The van der Waals surface area contributed by atoms with E-state index in [9.17, 15) is 9.18 Å². The van der Waals surface area contributed by atoms with E-state index in [1.165, 1.54) is 6.07 Å².